The highest BCUT2D eigenvalue weighted by Crippen LogP contribution is 2.27. The second-order valence-corrected chi connectivity index (χ2v) is 8.84. The van der Waals surface area contributed by atoms with Crippen molar-refractivity contribution in [1.82, 2.24) is 20.1 Å². The second kappa shape index (κ2) is 10.0. The number of thioether (sulfide) groups is 1. The third-order valence-corrected chi connectivity index (χ3v) is 6.58. The highest BCUT2D eigenvalue weighted by molar-refractivity contribution is 7.99. The molecule has 1 aromatic heterocycles. The zero-order chi connectivity index (χ0) is 21.6. The Morgan fingerprint density at radius 2 is 1.84 bits per heavy atom. The fourth-order valence-electron chi connectivity index (χ4n) is 3.81. The molecule has 0 unspecified atom stereocenters. The molecule has 1 atom stereocenters. The summed E-state index contributed by atoms with van der Waals surface area (Å²) in [6, 6.07) is 17.9. The lowest BCUT2D eigenvalue weighted by Gasteiger charge is -2.14. The molecule has 3 aromatic rings. The molecule has 0 bridgehead atoms. The number of rotatable bonds is 8. The van der Waals surface area contributed by atoms with E-state index in [2.05, 4.69) is 15.5 Å². The first-order valence-corrected chi connectivity index (χ1v) is 11.7. The van der Waals surface area contributed by atoms with Crippen LogP contribution in [0.25, 0.3) is 11.4 Å². The zero-order valence-corrected chi connectivity index (χ0v) is 18.8. The number of amides is 1. The summed E-state index contributed by atoms with van der Waals surface area (Å²) in [7, 11) is 1.92. The Balaban J connectivity index is 1.33. The number of carbonyl (C=O) groups is 1. The van der Waals surface area contributed by atoms with Gasteiger partial charge in [0.15, 0.2) is 11.0 Å². The summed E-state index contributed by atoms with van der Waals surface area (Å²) in [6.07, 6.45) is 5.14. The molecule has 1 aliphatic carbocycles. The normalized spacial score (nSPS) is 15.0. The first-order valence-electron chi connectivity index (χ1n) is 10.7. The molecule has 1 fully saturated rings. The zero-order valence-electron chi connectivity index (χ0n) is 18.0. The number of nitrogens with zero attached hydrogens (tertiary/aromatic N) is 3. The number of carbonyl (C=O) groups excluding carboxylic acids is 1. The van der Waals surface area contributed by atoms with Crippen molar-refractivity contribution < 1.29 is 9.53 Å². The van der Waals surface area contributed by atoms with Crippen molar-refractivity contribution in [1.29, 1.82) is 0 Å². The molecule has 162 valence electrons. The first kappa shape index (κ1) is 21.4. The van der Waals surface area contributed by atoms with Gasteiger partial charge in [0.25, 0.3) is 0 Å². The van der Waals surface area contributed by atoms with Crippen LogP contribution in [0.4, 0.5) is 0 Å². The first-order chi connectivity index (χ1) is 15.1. The number of nitrogens with one attached hydrogen (secondary N) is 1. The Morgan fingerprint density at radius 3 is 2.55 bits per heavy atom. The van der Waals surface area contributed by atoms with E-state index in [0.717, 1.165) is 35.5 Å². The lowest BCUT2D eigenvalue weighted by Crippen LogP contribution is -2.28. The van der Waals surface area contributed by atoms with Gasteiger partial charge in [-0.3, -0.25) is 4.79 Å². The van der Waals surface area contributed by atoms with Gasteiger partial charge in [-0.1, -0.05) is 42.1 Å². The van der Waals surface area contributed by atoms with E-state index in [1.807, 2.05) is 73.1 Å². The fourth-order valence-corrected chi connectivity index (χ4v) is 4.53. The third-order valence-electron chi connectivity index (χ3n) is 5.56. The standard InChI is InChI=1S/C24H28N4O2S/c1-17(18-8-4-3-5-9-18)25-22(29)16-31-24-27-26-23(28(24)2)19-12-14-21(15-13-19)30-20-10-6-7-11-20/h3-5,8-9,12-15,17,20H,6-7,10-11,16H2,1-2H3,(H,25,29)/t17-/m0/s1. The van der Waals surface area contributed by atoms with Gasteiger partial charge < -0.3 is 14.6 Å². The highest BCUT2D eigenvalue weighted by Gasteiger charge is 2.17. The van der Waals surface area contributed by atoms with Gasteiger partial charge in [-0.25, -0.2) is 0 Å². The van der Waals surface area contributed by atoms with Crippen molar-refractivity contribution >= 4 is 17.7 Å². The smallest absolute Gasteiger partial charge is 0.230 e. The third kappa shape index (κ3) is 5.47. The van der Waals surface area contributed by atoms with Gasteiger partial charge in [0.2, 0.25) is 5.91 Å². The summed E-state index contributed by atoms with van der Waals surface area (Å²) in [5.74, 6) is 1.93. The molecule has 1 heterocycles. The Bertz CT molecular complexity index is 998. The monoisotopic (exact) mass is 436 g/mol. The van der Waals surface area contributed by atoms with Gasteiger partial charge >= 0.3 is 0 Å². The molecule has 31 heavy (non-hydrogen) atoms. The van der Waals surface area contributed by atoms with E-state index >= 15 is 0 Å². The van der Waals surface area contributed by atoms with Gasteiger partial charge in [0.05, 0.1) is 17.9 Å². The molecule has 6 nitrogen and oxygen atoms in total. The van der Waals surface area contributed by atoms with Crippen molar-refractivity contribution in [2.75, 3.05) is 5.75 Å². The summed E-state index contributed by atoms with van der Waals surface area (Å²) < 4.78 is 7.96. The molecule has 4 rings (SSSR count). The molecular formula is C24H28N4O2S. The van der Waals surface area contributed by atoms with Crippen LogP contribution in [0.3, 0.4) is 0 Å². The van der Waals surface area contributed by atoms with Crippen LogP contribution in [-0.2, 0) is 11.8 Å². The molecule has 1 aliphatic rings. The van der Waals surface area contributed by atoms with Gasteiger partial charge in [-0.2, -0.15) is 0 Å². The molecule has 7 heteroatoms. The summed E-state index contributed by atoms with van der Waals surface area (Å²) in [6.45, 7) is 1.98. The van der Waals surface area contributed by atoms with E-state index in [-0.39, 0.29) is 17.7 Å². The molecule has 1 saturated carbocycles. The minimum Gasteiger partial charge on any atom is -0.490 e. The van der Waals surface area contributed by atoms with Crippen LogP contribution in [0.1, 0.15) is 44.2 Å². The molecule has 0 spiro atoms. The van der Waals surface area contributed by atoms with Gasteiger partial charge in [0.1, 0.15) is 5.75 Å². The van der Waals surface area contributed by atoms with Crippen molar-refractivity contribution in [3.05, 3.63) is 60.2 Å². The lowest BCUT2D eigenvalue weighted by molar-refractivity contribution is -0.119. The Labute approximate surface area is 187 Å². The summed E-state index contributed by atoms with van der Waals surface area (Å²) in [4.78, 5) is 12.4. The summed E-state index contributed by atoms with van der Waals surface area (Å²) >= 11 is 1.38. The minimum atomic E-state index is -0.0330. The van der Waals surface area contributed by atoms with E-state index in [1.165, 1.54) is 24.6 Å². The van der Waals surface area contributed by atoms with E-state index < -0.39 is 0 Å². The molecular weight excluding hydrogens is 408 g/mol. The number of hydrogen-bond acceptors (Lipinski definition) is 5. The van der Waals surface area contributed by atoms with Crippen LogP contribution in [-0.4, -0.2) is 32.5 Å². The van der Waals surface area contributed by atoms with Crippen molar-refractivity contribution in [3.8, 4) is 17.1 Å². The van der Waals surface area contributed by atoms with Crippen LogP contribution >= 0.6 is 11.8 Å². The SMILES string of the molecule is C[C@H](NC(=O)CSc1nnc(-c2ccc(OC3CCCC3)cc2)n1C)c1ccccc1. The average Bonchev–Trinajstić information content (AvgIpc) is 3.43. The van der Waals surface area contributed by atoms with Crippen LogP contribution in [0.15, 0.2) is 59.8 Å². The molecule has 1 amide bonds. The predicted octanol–water partition coefficient (Wildman–Crippen LogP) is 4.77. The second-order valence-electron chi connectivity index (χ2n) is 7.90. The molecule has 0 saturated heterocycles. The van der Waals surface area contributed by atoms with Crippen LogP contribution in [0.5, 0.6) is 5.75 Å². The van der Waals surface area contributed by atoms with E-state index in [1.54, 1.807) is 0 Å². The summed E-state index contributed by atoms with van der Waals surface area (Å²) in [5.41, 5.74) is 2.06. The predicted molar refractivity (Wildman–Crippen MR) is 123 cm³/mol. The Hall–Kier alpha value is -2.80. The number of ether oxygens (including phenoxy) is 1. The van der Waals surface area contributed by atoms with Crippen molar-refractivity contribution in [3.63, 3.8) is 0 Å². The van der Waals surface area contributed by atoms with Gasteiger partial charge in [0, 0.05) is 12.6 Å². The topological polar surface area (TPSA) is 69.0 Å². The maximum atomic E-state index is 12.4. The van der Waals surface area contributed by atoms with E-state index in [0.29, 0.717) is 11.3 Å². The van der Waals surface area contributed by atoms with E-state index in [4.69, 9.17) is 4.74 Å². The number of hydrogen-bond donors (Lipinski definition) is 1. The van der Waals surface area contributed by atoms with Crippen LogP contribution in [0, 0.1) is 0 Å². The summed E-state index contributed by atoms with van der Waals surface area (Å²) in [5, 5.41) is 12.3. The van der Waals surface area contributed by atoms with Crippen LogP contribution < -0.4 is 10.1 Å². The maximum Gasteiger partial charge on any atom is 0.230 e. The molecule has 1 N–H and O–H groups in total. The lowest BCUT2D eigenvalue weighted by atomic mass is 10.1. The van der Waals surface area contributed by atoms with E-state index in [9.17, 15) is 4.79 Å². The molecule has 0 radical (unpaired) electrons. The maximum absolute atomic E-state index is 12.4. The van der Waals surface area contributed by atoms with Crippen LogP contribution in [0.2, 0.25) is 0 Å². The Kier molecular flexibility index (Phi) is 6.92. The largest absolute Gasteiger partial charge is 0.490 e. The Morgan fingerprint density at radius 1 is 1.13 bits per heavy atom. The number of aromatic nitrogens is 3. The van der Waals surface area contributed by atoms with Crippen molar-refractivity contribution in [2.24, 2.45) is 7.05 Å². The molecule has 0 aliphatic heterocycles. The number of benzene rings is 2. The quantitative estimate of drug-likeness (QED) is 0.515. The van der Waals surface area contributed by atoms with Crippen molar-refractivity contribution in [2.45, 2.75) is 49.9 Å². The fraction of sp³-hybridized carbons (Fsp3) is 0.375. The highest BCUT2D eigenvalue weighted by atomic mass is 32.2. The minimum absolute atomic E-state index is 0.0284. The van der Waals surface area contributed by atoms with Gasteiger partial charge in [-0.05, 0) is 62.4 Å². The molecule has 2 aromatic carbocycles. The average molecular weight is 437 g/mol. The van der Waals surface area contributed by atoms with Gasteiger partial charge in [-0.15, -0.1) is 10.2 Å².